The quantitative estimate of drug-likeness (QED) is 0.808. The van der Waals surface area contributed by atoms with Crippen molar-refractivity contribution in [3.63, 3.8) is 0 Å². The number of amides is 1. The van der Waals surface area contributed by atoms with Crippen LogP contribution in [0.4, 0.5) is 0 Å². The molecule has 1 aromatic heterocycles. The van der Waals surface area contributed by atoms with Crippen LogP contribution in [0.1, 0.15) is 16.5 Å². The molecule has 0 aliphatic carbocycles. The molecule has 22 heavy (non-hydrogen) atoms. The lowest BCUT2D eigenvalue weighted by atomic mass is 10.1. The maximum absolute atomic E-state index is 12.0. The normalized spacial score (nSPS) is 12.2. The fourth-order valence-corrected chi connectivity index (χ4v) is 3.04. The third-order valence-electron chi connectivity index (χ3n) is 3.63. The van der Waals surface area contributed by atoms with Crippen LogP contribution in [0.25, 0.3) is 0 Å². The Balaban J connectivity index is 1.95. The topological polar surface area (TPSA) is 42.8 Å². The molecule has 0 saturated heterocycles. The molecule has 2 rings (SSSR count). The minimum atomic E-state index is 0.0715. The van der Waals surface area contributed by atoms with Gasteiger partial charge in [-0.1, -0.05) is 6.07 Å². The molecule has 0 fully saturated rings. The summed E-state index contributed by atoms with van der Waals surface area (Å²) in [5, 5.41) is 5.04. The van der Waals surface area contributed by atoms with Gasteiger partial charge in [-0.15, -0.1) is 11.3 Å². The minimum absolute atomic E-state index is 0.0715. The molecule has 1 atom stereocenters. The summed E-state index contributed by atoms with van der Waals surface area (Å²) >= 11 is 1.61. The van der Waals surface area contributed by atoms with Crippen LogP contribution in [0.2, 0.25) is 0 Å². The minimum Gasteiger partial charge on any atom is -0.497 e. The molecular weight excluding hydrogens is 296 g/mol. The first-order valence-electron chi connectivity index (χ1n) is 7.33. The summed E-state index contributed by atoms with van der Waals surface area (Å²) in [6.45, 7) is 0.624. The molecule has 1 amide bonds. The SMILES string of the molecule is COc1ccc([C@H](CNC(=O)Cc2cccs2)[NH+](C)C)cc1. The van der Waals surface area contributed by atoms with E-state index in [1.165, 1.54) is 10.5 Å². The van der Waals surface area contributed by atoms with E-state index in [4.69, 9.17) is 4.74 Å². The second-order valence-corrected chi connectivity index (χ2v) is 6.50. The first-order valence-corrected chi connectivity index (χ1v) is 8.21. The maximum atomic E-state index is 12.0. The Kier molecular flexibility index (Phi) is 5.98. The van der Waals surface area contributed by atoms with Gasteiger partial charge in [-0.3, -0.25) is 4.79 Å². The highest BCUT2D eigenvalue weighted by Gasteiger charge is 2.19. The van der Waals surface area contributed by atoms with Gasteiger partial charge in [0.25, 0.3) is 0 Å². The number of methoxy groups -OCH3 is 1. The van der Waals surface area contributed by atoms with Crippen molar-refractivity contribution in [2.24, 2.45) is 0 Å². The van der Waals surface area contributed by atoms with Crippen LogP contribution < -0.4 is 15.0 Å². The Labute approximate surface area is 135 Å². The van der Waals surface area contributed by atoms with E-state index in [2.05, 4.69) is 31.5 Å². The Morgan fingerprint density at radius 3 is 2.55 bits per heavy atom. The summed E-state index contributed by atoms with van der Waals surface area (Å²) in [6, 6.07) is 12.2. The van der Waals surface area contributed by atoms with Crippen LogP contribution in [-0.2, 0) is 11.2 Å². The number of thiophene rings is 1. The number of nitrogens with one attached hydrogen (secondary N) is 2. The molecule has 1 aromatic carbocycles. The number of likely N-dealkylation sites (N-methyl/N-ethyl adjacent to an activating group) is 1. The Bertz CT molecular complexity index is 579. The van der Waals surface area contributed by atoms with Gasteiger partial charge in [-0.25, -0.2) is 0 Å². The number of benzene rings is 1. The average molecular weight is 319 g/mol. The molecule has 0 spiro atoms. The van der Waals surface area contributed by atoms with Crippen LogP contribution >= 0.6 is 11.3 Å². The molecule has 0 radical (unpaired) electrons. The predicted octanol–water partition coefficient (Wildman–Crippen LogP) is 1.30. The zero-order valence-corrected chi connectivity index (χ0v) is 14.1. The fourth-order valence-electron chi connectivity index (χ4n) is 2.34. The zero-order chi connectivity index (χ0) is 15.9. The Morgan fingerprint density at radius 2 is 2.00 bits per heavy atom. The Morgan fingerprint density at radius 1 is 1.27 bits per heavy atom. The molecule has 5 heteroatoms. The largest absolute Gasteiger partial charge is 0.497 e. The van der Waals surface area contributed by atoms with Crippen LogP contribution in [0.3, 0.4) is 0 Å². The van der Waals surface area contributed by atoms with E-state index in [0.717, 1.165) is 10.6 Å². The van der Waals surface area contributed by atoms with Crippen molar-refractivity contribution in [1.29, 1.82) is 0 Å². The number of hydrogen-bond donors (Lipinski definition) is 2. The standard InChI is InChI=1S/C17H22N2O2S/c1-19(2)16(13-6-8-14(21-3)9-7-13)12-18-17(20)11-15-5-4-10-22-15/h4-10,16H,11-12H2,1-3H3,(H,18,20)/p+1/t16-/m0/s1. The lowest BCUT2D eigenvalue weighted by Gasteiger charge is -2.22. The van der Waals surface area contributed by atoms with Gasteiger partial charge in [0.2, 0.25) is 5.91 Å². The summed E-state index contributed by atoms with van der Waals surface area (Å²) in [5.41, 5.74) is 1.19. The summed E-state index contributed by atoms with van der Waals surface area (Å²) in [5.74, 6) is 0.917. The fraction of sp³-hybridized carbons (Fsp3) is 0.353. The maximum Gasteiger partial charge on any atom is 0.225 e. The van der Waals surface area contributed by atoms with Crippen molar-refractivity contribution in [2.45, 2.75) is 12.5 Å². The molecule has 4 nitrogen and oxygen atoms in total. The van der Waals surface area contributed by atoms with Gasteiger partial charge in [-0.05, 0) is 35.7 Å². The van der Waals surface area contributed by atoms with Crippen LogP contribution in [-0.4, -0.2) is 33.7 Å². The van der Waals surface area contributed by atoms with E-state index in [0.29, 0.717) is 13.0 Å². The summed E-state index contributed by atoms with van der Waals surface area (Å²) in [6.07, 6.45) is 0.454. The molecule has 118 valence electrons. The van der Waals surface area contributed by atoms with Gasteiger partial charge in [0.15, 0.2) is 0 Å². The number of hydrogen-bond acceptors (Lipinski definition) is 3. The van der Waals surface area contributed by atoms with Gasteiger partial charge in [0.1, 0.15) is 11.8 Å². The summed E-state index contributed by atoms with van der Waals surface area (Å²) in [4.78, 5) is 14.4. The number of carbonyl (C=O) groups is 1. The lowest BCUT2D eigenvalue weighted by molar-refractivity contribution is -0.890. The van der Waals surface area contributed by atoms with E-state index in [-0.39, 0.29) is 11.9 Å². The van der Waals surface area contributed by atoms with E-state index >= 15 is 0 Å². The van der Waals surface area contributed by atoms with Crippen LogP contribution in [0.15, 0.2) is 41.8 Å². The van der Waals surface area contributed by atoms with Gasteiger partial charge in [0.05, 0.1) is 34.2 Å². The Hall–Kier alpha value is -1.85. The first-order chi connectivity index (χ1) is 10.6. The monoisotopic (exact) mass is 319 g/mol. The number of quaternary nitrogens is 1. The van der Waals surface area contributed by atoms with E-state index in [1.807, 2.05) is 29.6 Å². The second-order valence-electron chi connectivity index (χ2n) is 5.46. The van der Waals surface area contributed by atoms with Gasteiger partial charge in [-0.2, -0.15) is 0 Å². The van der Waals surface area contributed by atoms with Gasteiger partial charge >= 0.3 is 0 Å². The van der Waals surface area contributed by atoms with Crippen LogP contribution in [0.5, 0.6) is 5.75 Å². The van der Waals surface area contributed by atoms with E-state index < -0.39 is 0 Å². The third kappa shape index (κ3) is 4.58. The van der Waals surface area contributed by atoms with Crippen molar-refractivity contribution in [2.75, 3.05) is 27.7 Å². The van der Waals surface area contributed by atoms with E-state index in [9.17, 15) is 4.79 Å². The molecule has 0 aliphatic heterocycles. The molecule has 2 aromatic rings. The highest BCUT2D eigenvalue weighted by atomic mass is 32.1. The third-order valence-corrected chi connectivity index (χ3v) is 4.51. The smallest absolute Gasteiger partial charge is 0.225 e. The van der Waals surface area contributed by atoms with Crippen molar-refractivity contribution in [3.8, 4) is 5.75 Å². The van der Waals surface area contributed by atoms with Gasteiger partial charge in [0, 0.05) is 10.4 Å². The van der Waals surface area contributed by atoms with Crippen LogP contribution in [0, 0.1) is 0 Å². The van der Waals surface area contributed by atoms with E-state index in [1.54, 1.807) is 18.4 Å². The van der Waals surface area contributed by atoms with Crippen molar-refractivity contribution in [1.82, 2.24) is 5.32 Å². The highest BCUT2D eigenvalue weighted by molar-refractivity contribution is 7.10. The second kappa shape index (κ2) is 7.96. The molecular formula is C17H23N2O2S+. The molecule has 2 N–H and O–H groups in total. The molecule has 0 bridgehead atoms. The number of rotatable bonds is 7. The number of ether oxygens (including phenoxy) is 1. The average Bonchev–Trinajstić information content (AvgIpc) is 3.00. The molecule has 0 aliphatic rings. The highest BCUT2D eigenvalue weighted by Crippen LogP contribution is 2.15. The van der Waals surface area contributed by atoms with Crippen molar-refractivity contribution < 1.29 is 14.4 Å². The van der Waals surface area contributed by atoms with Crippen molar-refractivity contribution in [3.05, 3.63) is 52.2 Å². The van der Waals surface area contributed by atoms with Gasteiger partial charge < -0.3 is 15.0 Å². The first kappa shape index (κ1) is 16.5. The summed E-state index contributed by atoms with van der Waals surface area (Å²) < 4.78 is 5.19. The number of carbonyl (C=O) groups excluding carboxylic acids is 1. The summed E-state index contributed by atoms with van der Waals surface area (Å²) in [7, 11) is 5.86. The molecule has 1 heterocycles. The molecule has 0 unspecified atom stereocenters. The predicted molar refractivity (Wildman–Crippen MR) is 89.6 cm³/mol. The lowest BCUT2D eigenvalue weighted by Crippen LogP contribution is -3.07. The zero-order valence-electron chi connectivity index (χ0n) is 13.3. The molecule has 0 saturated carbocycles. The van der Waals surface area contributed by atoms with Crippen molar-refractivity contribution >= 4 is 17.2 Å².